The predicted molar refractivity (Wildman–Crippen MR) is 134 cm³/mol. The highest BCUT2D eigenvalue weighted by molar-refractivity contribution is 5.85. The molecule has 0 radical (unpaired) electrons. The number of aryl methyl sites for hydroxylation is 1. The van der Waals surface area contributed by atoms with Gasteiger partial charge in [-0.15, -0.1) is 0 Å². The Balaban J connectivity index is 1.53. The highest BCUT2D eigenvalue weighted by Gasteiger charge is 2.12. The fourth-order valence-corrected chi connectivity index (χ4v) is 3.95. The average Bonchev–Trinajstić information content (AvgIpc) is 3.12. The summed E-state index contributed by atoms with van der Waals surface area (Å²) in [6.07, 6.45) is 14.1. The van der Waals surface area contributed by atoms with Crippen molar-refractivity contribution in [1.29, 1.82) is 0 Å². The maximum Gasteiger partial charge on any atom is 0.265 e. The number of fused-ring (bicyclic) bond motifs is 2. The Morgan fingerprint density at radius 2 is 1.76 bits per heavy atom. The molecular weight excluding hydrogens is 400 g/mol. The van der Waals surface area contributed by atoms with Gasteiger partial charge in [0.25, 0.3) is 5.69 Å². The van der Waals surface area contributed by atoms with Crippen LogP contribution >= 0.6 is 0 Å². The number of nitrogens with zero attached hydrogens (tertiary/aromatic N) is 2. The van der Waals surface area contributed by atoms with Crippen LogP contribution in [0.25, 0.3) is 22.9 Å². The lowest BCUT2D eigenvalue weighted by atomic mass is 10.1. The molecule has 0 amide bonds. The number of hydrogen-bond acceptors (Lipinski definition) is 1. The molecule has 2 heteroatoms. The summed E-state index contributed by atoms with van der Waals surface area (Å²) in [5, 5.41) is 4.58. The van der Waals surface area contributed by atoms with E-state index in [1.165, 1.54) is 5.39 Å². The summed E-state index contributed by atoms with van der Waals surface area (Å²) in [4.78, 5) is 4.58. The first kappa shape index (κ1) is 20.5. The van der Waals surface area contributed by atoms with Crippen molar-refractivity contribution >= 4 is 22.9 Å². The molecule has 0 fully saturated rings. The molecule has 2 aromatic carbocycles. The zero-order valence-corrected chi connectivity index (χ0v) is 18.3. The Labute approximate surface area is 194 Å². The third-order valence-corrected chi connectivity index (χ3v) is 5.61. The first-order valence-electron chi connectivity index (χ1n) is 11.2. The lowest BCUT2D eigenvalue weighted by Gasteiger charge is -2.02. The number of hydrogen-bond donors (Lipinski definition) is 0. The normalized spacial score (nSPS) is 11.6. The largest absolute Gasteiger partial charge is 0.265 e. The topological polar surface area (TPSA) is 16.8 Å². The van der Waals surface area contributed by atoms with Gasteiger partial charge in [-0.05, 0) is 47.2 Å². The summed E-state index contributed by atoms with van der Waals surface area (Å²) in [5.74, 6) is 13.4. The van der Waals surface area contributed by atoms with Gasteiger partial charge in [-0.1, -0.05) is 72.5 Å². The molecule has 156 valence electrons. The number of pyridine rings is 2. The third kappa shape index (κ3) is 4.77. The van der Waals surface area contributed by atoms with Crippen LogP contribution in [-0.4, -0.2) is 4.98 Å². The average molecular weight is 424 g/mol. The van der Waals surface area contributed by atoms with Gasteiger partial charge in [-0.25, -0.2) is 4.98 Å². The highest BCUT2D eigenvalue weighted by atomic mass is 14.9. The summed E-state index contributed by atoms with van der Waals surface area (Å²) in [6.45, 7) is 0.777. The molecule has 1 aliphatic rings. The Kier molecular flexibility index (Phi) is 6.10. The minimum Gasteiger partial charge on any atom is -0.247 e. The fraction of sp³-hybridized carbons (Fsp3) is 0.0968. The smallest absolute Gasteiger partial charge is 0.247 e. The van der Waals surface area contributed by atoms with E-state index in [1.54, 1.807) is 0 Å². The maximum atomic E-state index is 4.58. The van der Waals surface area contributed by atoms with Crippen LogP contribution in [0.1, 0.15) is 29.8 Å². The molecule has 0 saturated carbocycles. The summed E-state index contributed by atoms with van der Waals surface area (Å²) in [6, 6.07) is 22.7. The molecule has 0 bridgehead atoms. The van der Waals surface area contributed by atoms with Gasteiger partial charge in [-0.2, -0.15) is 4.57 Å². The molecule has 0 atom stereocenters. The minimum atomic E-state index is 0.750. The second kappa shape index (κ2) is 9.82. The van der Waals surface area contributed by atoms with Crippen LogP contribution in [0.4, 0.5) is 0 Å². The molecule has 0 saturated heterocycles. The van der Waals surface area contributed by atoms with Gasteiger partial charge in [0.1, 0.15) is 5.69 Å². The molecule has 2 aromatic heterocycles. The van der Waals surface area contributed by atoms with Crippen LogP contribution in [0.15, 0.2) is 91.3 Å². The van der Waals surface area contributed by atoms with Gasteiger partial charge in [0.15, 0.2) is 12.7 Å². The van der Waals surface area contributed by atoms with E-state index in [0.29, 0.717) is 0 Å². The van der Waals surface area contributed by atoms with Crippen LogP contribution in [-0.2, 0) is 6.54 Å². The number of benzene rings is 2. The maximum absolute atomic E-state index is 4.58. The molecule has 0 spiro atoms. The summed E-state index contributed by atoms with van der Waals surface area (Å²) in [5.41, 5.74) is 2.85. The van der Waals surface area contributed by atoms with Crippen molar-refractivity contribution in [2.24, 2.45) is 0 Å². The fourth-order valence-electron chi connectivity index (χ4n) is 3.95. The lowest BCUT2D eigenvalue weighted by molar-refractivity contribution is -0.696. The van der Waals surface area contributed by atoms with E-state index in [-0.39, 0.29) is 0 Å². The summed E-state index contributed by atoms with van der Waals surface area (Å²) < 4.78 is 2.20. The van der Waals surface area contributed by atoms with Gasteiger partial charge in [-0.3, -0.25) is 0 Å². The highest BCUT2D eigenvalue weighted by Crippen LogP contribution is 2.14. The number of aromatic nitrogens is 2. The first-order valence-corrected chi connectivity index (χ1v) is 11.2. The predicted octanol–water partition coefficient (Wildman–Crippen LogP) is 3.88. The van der Waals surface area contributed by atoms with E-state index in [2.05, 4.69) is 94.1 Å². The van der Waals surface area contributed by atoms with Crippen molar-refractivity contribution in [3.63, 3.8) is 0 Å². The van der Waals surface area contributed by atoms with Crippen molar-refractivity contribution in [1.82, 2.24) is 4.98 Å². The lowest BCUT2D eigenvalue weighted by Crippen LogP contribution is -2.37. The van der Waals surface area contributed by atoms with Crippen LogP contribution in [0.5, 0.6) is 0 Å². The standard InChI is InChI=1S/C31H23N2/c1-3-11-25(12-4-1)13-9-10-23-33-24-21-27-15-7-8-17-29(27)31(33)19-18-30-28-16-6-2-5-14-26(28)20-22-32-30/h1-5,7-8,11-12,14-17,20-22,24H,6,10,23H2/q+1. The van der Waals surface area contributed by atoms with Crippen molar-refractivity contribution < 1.29 is 4.57 Å². The summed E-state index contributed by atoms with van der Waals surface area (Å²) in [7, 11) is 0. The van der Waals surface area contributed by atoms with Crippen LogP contribution < -0.4 is 15.0 Å². The van der Waals surface area contributed by atoms with Crippen LogP contribution in [0.3, 0.4) is 0 Å². The van der Waals surface area contributed by atoms with Gasteiger partial charge in [0.05, 0.1) is 11.8 Å². The van der Waals surface area contributed by atoms with E-state index >= 15 is 0 Å². The molecule has 5 rings (SSSR count). The third-order valence-electron chi connectivity index (χ3n) is 5.61. The zero-order valence-electron chi connectivity index (χ0n) is 18.3. The van der Waals surface area contributed by atoms with E-state index in [0.717, 1.165) is 52.2 Å². The monoisotopic (exact) mass is 423 g/mol. The molecule has 2 nitrogen and oxygen atoms in total. The molecule has 0 unspecified atom stereocenters. The molecule has 4 aromatic rings. The van der Waals surface area contributed by atoms with Crippen molar-refractivity contribution in [3.05, 3.63) is 119 Å². The van der Waals surface area contributed by atoms with Gasteiger partial charge in [0.2, 0.25) is 0 Å². The second-order valence-electron chi connectivity index (χ2n) is 7.81. The van der Waals surface area contributed by atoms with Crippen LogP contribution in [0, 0.1) is 23.7 Å². The molecular formula is C31H23N2+. The van der Waals surface area contributed by atoms with E-state index < -0.39 is 0 Å². The molecule has 1 aliphatic carbocycles. The Bertz CT molecular complexity index is 1590. The molecule has 0 N–H and O–H groups in total. The second-order valence-corrected chi connectivity index (χ2v) is 7.81. The summed E-state index contributed by atoms with van der Waals surface area (Å²) >= 11 is 0. The first-order chi connectivity index (χ1) is 16.4. The Hall–Kier alpha value is -4.40. The Morgan fingerprint density at radius 1 is 0.879 bits per heavy atom. The SMILES string of the molecule is C(#Cc1ccccc1)CC[n+]1ccc2ccccc2c1C#Cc1nccc2c1=CCC=CC=2. The zero-order chi connectivity index (χ0) is 22.3. The number of rotatable bonds is 2. The van der Waals surface area contributed by atoms with Crippen molar-refractivity contribution in [3.8, 4) is 23.7 Å². The minimum absolute atomic E-state index is 0.750. The van der Waals surface area contributed by atoms with E-state index in [4.69, 9.17) is 0 Å². The quantitative estimate of drug-likeness (QED) is 0.353. The molecule has 33 heavy (non-hydrogen) atoms. The van der Waals surface area contributed by atoms with E-state index in [1.807, 2.05) is 42.6 Å². The molecule has 0 aliphatic heterocycles. The van der Waals surface area contributed by atoms with E-state index in [9.17, 15) is 0 Å². The van der Waals surface area contributed by atoms with Gasteiger partial charge in [0, 0.05) is 29.0 Å². The Morgan fingerprint density at radius 3 is 2.70 bits per heavy atom. The van der Waals surface area contributed by atoms with Gasteiger partial charge < -0.3 is 0 Å². The van der Waals surface area contributed by atoms with Crippen molar-refractivity contribution in [2.75, 3.05) is 0 Å². The van der Waals surface area contributed by atoms with Crippen molar-refractivity contribution in [2.45, 2.75) is 19.4 Å². The molecule has 2 heterocycles. The number of allylic oxidation sites excluding steroid dienone is 2. The van der Waals surface area contributed by atoms with Crippen LogP contribution in [0.2, 0.25) is 0 Å². The van der Waals surface area contributed by atoms with Gasteiger partial charge >= 0.3 is 0 Å².